The first-order chi connectivity index (χ1) is 11.1. The molecule has 0 radical (unpaired) electrons. The third-order valence-electron chi connectivity index (χ3n) is 4.10. The minimum atomic E-state index is -0.221. The van der Waals surface area contributed by atoms with Crippen molar-refractivity contribution in [2.45, 2.75) is 19.8 Å². The normalized spacial score (nSPS) is 15.5. The van der Waals surface area contributed by atoms with Gasteiger partial charge in [0.05, 0.1) is 0 Å². The molecule has 23 heavy (non-hydrogen) atoms. The quantitative estimate of drug-likeness (QED) is 0.888. The number of carbonyl (C=O) groups is 1. The number of hydrogen-bond acceptors (Lipinski definition) is 4. The Kier molecular flexibility index (Phi) is 4.91. The van der Waals surface area contributed by atoms with E-state index in [2.05, 4.69) is 43.0 Å². The molecule has 0 bridgehead atoms. The molecule has 3 rings (SSSR count). The zero-order valence-corrected chi connectivity index (χ0v) is 14.6. The van der Waals surface area contributed by atoms with Gasteiger partial charge in [0.15, 0.2) is 0 Å². The molecule has 120 valence electrons. The molecule has 1 aliphatic heterocycles. The van der Waals surface area contributed by atoms with Gasteiger partial charge in [0.1, 0.15) is 17.8 Å². The maximum Gasteiger partial charge on any atom is 0.274 e. The summed E-state index contributed by atoms with van der Waals surface area (Å²) in [6.45, 7) is 4.23. The SMILES string of the molecule is CC1CCN(c2cc(C(=O)Nc3ccc(Br)cc3)ncn2)CC1. The molecular weight excluding hydrogens is 356 g/mol. The Labute approximate surface area is 144 Å². The highest BCUT2D eigenvalue weighted by molar-refractivity contribution is 9.10. The highest BCUT2D eigenvalue weighted by atomic mass is 79.9. The van der Waals surface area contributed by atoms with Crippen LogP contribution in [-0.4, -0.2) is 29.0 Å². The lowest BCUT2D eigenvalue weighted by Gasteiger charge is -2.31. The summed E-state index contributed by atoms with van der Waals surface area (Å²) in [5.41, 5.74) is 1.13. The molecule has 2 aromatic rings. The van der Waals surface area contributed by atoms with Crippen LogP contribution < -0.4 is 10.2 Å². The zero-order chi connectivity index (χ0) is 16.2. The third kappa shape index (κ3) is 4.07. The van der Waals surface area contributed by atoms with Crippen molar-refractivity contribution < 1.29 is 4.79 Å². The molecule has 2 heterocycles. The number of hydrogen-bond donors (Lipinski definition) is 1. The smallest absolute Gasteiger partial charge is 0.274 e. The van der Waals surface area contributed by atoms with Gasteiger partial charge in [-0.3, -0.25) is 4.79 Å². The Morgan fingerprint density at radius 2 is 1.91 bits per heavy atom. The highest BCUT2D eigenvalue weighted by Gasteiger charge is 2.18. The monoisotopic (exact) mass is 374 g/mol. The van der Waals surface area contributed by atoms with Crippen LogP contribution in [0.5, 0.6) is 0 Å². The molecule has 0 saturated carbocycles. The second-order valence-electron chi connectivity index (χ2n) is 5.89. The molecule has 1 amide bonds. The zero-order valence-electron chi connectivity index (χ0n) is 13.0. The second-order valence-corrected chi connectivity index (χ2v) is 6.81. The molecule has 0 aliphatic carbocycles. The van der Waals surface area contributed by atoms with E-state index < -0.39 is 0 Å². The Hall–Kier alpha value is -1.95. The van der Waals surface area contributed by atoms with Gasteiger partial charge in [0.2, 0.25) is 0 Å². The molecule has 1 saturated heterocycles. The van der Waals surface area contributed by atoms with Gasteiger partial charge in [-0.15, -0.1) is 0 Å². The van der Waals surface area contributed by atoms with Gasteiger partial charge in [-0.05, 0) is 43.0 Å². The van der Waals surface area contributed by atoms with E-state index in [1.165, 1.54) is 6.33 Å². The van der Waals surface area contributed by atoms with Crippen molar-refractivity contribution in [3.05, 3.63) is 46.8 Å². The minimum absolute atomic E-state index is 0.221. The van der Waals surface area contributed by atoms with E-state index in [1.807, 2.05) is 24.3 Å². The minimum Gasteiger partial charge on any atom is -0.356 e. The first kappa shape index (κ1) is 15.9. The summed E-state index contributed by atoms with van der Waals surface area (Å²) in [6.07, 6.45) is 3.78. The van der Waals surface area contributed by atoms with Crippen LogP contribution in [-0.2, 0) is 0 Å². The fourth-order valence-corrected chi connectivity index (χ4v) is 2.87. The van der Waals surface area contributed by atoms with Crippen molar-refractivity contribution in [1.29, 1.82) is 0 Å². The summed E-state index contributed by atoms with van der Waals surface area (Å²) >= 11 is 3.38. The van der Waals surface area contributed by atoms with Crippen LogP contribution in [0, 0.1) is 5.92 Å². The molecule has 1 N–H and O–H groups in total. The average Bonchev–Trinajstić information content (AvgIpc) is 2.58. The molecule has 0 atom stereocenters. The number of halogens is 1. The first-order valence-corrected chi connectivity index (χ1v) is 8.55. The maximum atomic E-state index is 12.4. The van der Waals surface area contributed by atoms with Crippen LogP contribution in [0.4, 0.5) is 11.5 Å². The van der Waals surface area contributed by atoms with Gasteiger partial charge >= 0.3 is 0 Å². The van der Waals surface area contributed by atoms with Gasteiger partial charge in [-0.1, -0.05) is 22.9 Å². The van der Waals surface area contributed by atoms with E-state index in [1.54, 1.807) is 6.07 Å². The standard InChI is InChI=1S/C17H19BrN4O/c1-12-6-8-22(9-7-12)16-10-15(19-11-20-16)17(23)21-14-4-2-13(18)3-5-14/h2-5,10-12H,6-9H2,1H3,(H,21,23). The first-order valence-electron chi connectivity index (χ1n) is 7.76. The van der Waals surface area contributed by atoms with Gasteiger partial charge in [-0.2, -0.15) is 0 Å². The Balaban J connectivity index is 1.71. The molecule has 1 aliphatic rings. The van der Waals surface area contributed by atoms with E-state index in [9.17, 15) is 4.79 Å². The van der Waals surface area contributed by atoms with Crippen molar-refractivity contribution in [2.24, 2.45) is 5.92 Å². The van der Waals surface area contributed by atoms with Crippen molar-refractivity contribution in [1.82, 2.24) is 9.97 Å². The van der Waals surface area contributed by atoms with Crippen LogP contribution >= 0.6 is 15.9 Å². The molecule has 1 aromatic heterocycles. The molecule has 6 heteroatoms. The Morgan fingerprint density at radius 1 is 1.22 bits per heavy atom. The fraction of sp³-hybridized carbons (Fsp3) is 0.353. The summed E-state index contributed by atoms with van der Waals surface area (Å²) in [5, 5.41) is 2.85. The molecule has 0 unspecified atom stereocenters. The summed E-state index contributed by atoms with van der Waals surface area (Å²) in [6, 6.07) is 9.22. The van der Waals surface area contributed by atoms with E-state index in [-0.39, 0.29) is 5.91 Å². The third-order valence-corrected chi connectivity index (χ3v) is 4.62. The Morgan fingerprint density at radius 3 is 2.61 bits per heavy atom. The van der Waals surface area contributed by atoms with Crippen molar-refractivity contribution in [3.63, 3.8) is 0 Å². The van der Waals surface area contributed by atoms with Gasteiger partial charge in [0, 0.05) is 29.3 Å². The number of nitrogens with one attached hydrogen (secondary N) is 1. The lowest BCUT2D eigenvalue weighted by Crippen LogP contribution is -2.33. The van der Waals surface area contributed by atoms with Crippen LogP contribution in [0.3, 0.4) is 0 Å². The predicted octanol–water partition coefficient (Wildman–Crippen LogP) is 3.73. The summed E-state index contributed by atoms with van der Waals surface area (Å²) in [4.78, 5) is 23.0. The number of nitrogens with zero attached hydrogens (tertiary/aromatic N) is 3. The van der Waals surface area contributed by atoms with E-state index >= 15 is 0 Å². The maximum absolute atomic E-state index is 12.4. The number of anilines is 2. The van der Waals surface area contributed by atoms with Gasteiger partial charge in [0.25, 0.3) is 5.91 Å². The van der Waals surface area contributed by atoms with E-state index in [4.69, 9.17) is 0 Å². The number of benzene rings is 1. The van der Waals surface area contributed by atoms with Crippen molar-refractivity contribution in [2.75, 3.05) is 23.3 Å². The van der Waals surface area contributed by atoms with Crippen LogP contribution in [0.25, 0.3) is 0 Å². The fourth-order valence-electron chi connectivity index (χ4n) is 2.61. The highest BCUT2D eigenvalue weighted by Crippen LogP contribution is 2.21. The average molecular weight is 375 g/mol. The van der Waals surface area contributed by atoms with Crippen LogP contribution in [0.1, 0.15) is 30.3 Å². The Bertz CT molecular complexity index is 681. The number of aromatic nitrogens is 2. The number of amides is 1. The molecule has 0 spiro atoms. The van der Waals surface area contributed by atoms with Crippen LogP contribution in [0.2, 0.25) is 0 Å². The molecule has 1 fully saturated rings. The lowest BCUT2D eigenvalue weighted by atomic mass is 9.99. The molecular formula is C17H19BrN4O. The largest absolute Gasteiger partial charge is 0.356 e. The second kappa shape index (κ2) is 7.08. The number of piperidine rings is 1. The summed E-state index contributed by atoms with van der Waals surface area (Å²) in [5.74, 6) is 1.36. The van der Waals surface area contributed by atoms with Crippen LogP contribution in [0.15, 0.2) is 41.1 Å². The number of rotatable bonds is 3. The predicted molar refractivity (Wildman–Crippen MR) is 94.7 cm³/mol. The summed E-state index contributed by atoms with van der Waals surface area (Å²) in [7, 11) is 0. The van der Waals surface area contributed by atoms with Crippen molar-refractivity contribution >= 4 is 33.3 Å². The lowest BCUT2D eigenvalue weighted by molar-refractivity contribution is 0.102. The van der Waals surface area contributed by atoms with Crippen molar-refractivity contribution in [3.8, 4) is 0 Å². The van der Waals surface area contributed by atoms with Gasteiger partial charge < -0.3 is 10.2 Å². The topological polar surface area (TPSA) is 58.1 Å². The molecule has 1 aromatic carbocycles. The molecule has 5 nitrogen and oxygen atoms in total. The van der Waals surface area contributed by atoms with E-state index in [0.29, 0.717) is 5.69 Å². The van der Waals surface area contributed by atoms with E-state index in [0.717, 1.165) is 47.8 Å². The number of carbonyl (C=O) groups excluding carboxylic acids is 1. The van der Waals surface area contributed by atoms with Gasteiger partial charge in [-0.25, -0.2) is 9.97 Å². The summed E-state index contributed by atoms with van der Waals surface area (Å²) < 4.78 is 0.971.